The van der Waals surface area contributed by atoms with Crippen LogP contribution in [0.2, 0.25) is 0 Å². The molecule has 1 aromatic carbocycles. The number of rotatable bonds is 3. The third kappa shape index (κ3) is 5.89. The number of nitrogens with one attached hydrogen (secondary N) is 2. The van der Waals surface area contributed by atoms with Crippen molar-refractivity contribution in [1.29, 1.82) is 0 Å². The summed E-state index contributed by atoms with van der Waals surface area (Å²) in [4.78, 5) is 25.0. The van der Waals surface area contributed by atoms with E-state index in [9.17, 15) is 14.7 Å². The van der Waals surface area contributed by atoms with Crippen molar-refractivity contribution in [1.82, 2.24) is 10.6 Å². The van der Waals surface area contributed by atoms with Crippen LogP contribution in [-0.4, -0.2) is 54.9 Å². The lowest BCUT2D eigenvalue weighted by Gasteiger charge is -2.23. The fraction of sp³-hybridized carbons (Fsp3) is 0.500. The molecule has 0 aromatic heterocycles. The zero-order valence-electron chi connectivity index (χ0n) is 15.2. The van der Waals surface area contributed by atoms with E-state index in [1.165, 1.54) is 0 Å². The van der Waals surface area contributed by atoms with Crippen molar-refractivity contribution in [2.45, 2.75) is 44.1 Å². The Balaban J connectivity index is 1.76. The molecule has 2 aliphatic rings. The zero-order chi connectivity index (χ0) is 19.1. The summed E-state index contributed by atoms with van der Waals surface area (Å²) in [6, 6.07) is 6.56. The predicted octanol–water partition coefficient (Wildman–Crippen LogP) is 0.918. The van der Waals surface area contributed by atoms with E-state index in [0.717, 1.165) is 18.4 Å². The average molecular weight is 374 g/mol. The number of benzene rings is 1. The molecule has 7 heteroatoms. The van der Waals surface area contributed by atoms with Crippen LogP contribution in [0.3, 0.4) is 0 Å². The summed E-state index contributed by atoms with van der Waals surface area (Å²) in [7, 11) is 0. The van der Waals surface area contributed by atoms with E-state index >= 15 is 0 Å². The Bertz CT molecular complexity index is 687. The van der Waals surface area contributed by atoms with Crippen molar-refractivity contribution in [2.75, 3.05) is 19.8 Å². The highest BCUT2D eigenvalue weighted by molar-refractivity contribution is 5.96. The van der Waals surface area contributed by atoms with Crippen molar-refractivity contribution in [3.8, 4) is 0 Å². The Morgan fingerprint density at radius 3 is 2.78 bits per heavy atom. The minimum atomic E-state index is -1.32. The van der Waals surface area contributed by atoms with Gasteiger partial charge in [-0.25, -0.2) is 0 Å². The molecule has 0 bridgehead atoms. The van der Waals surface area contributed by atoms with Crippen molar-refractivity contribution in [3.05, 3.63) is 47.5 Å². The fourth-order valence-electron chi connectivity index (χ4n) is 2.84. The molecule has 1 saturated carbocycles. The number of amides is 2. The van der Waals surface area contributed by atoms with Crippen LogP contribution in [0.1, 0.15) is 35.2 Å². The largest absolute Gasteiger partial charge is 0.381 e. The van der Waals surface area contributed by atoms with Gasteiger partial charge in [0, 0.05) is 11.6 Å². The highest BCUT2D eigenvalue weighted by Crippen LogP contribution is 2.19. The average Bonchev–Trinajstić information content (AvgIpc) is 3.48. The molecule has 3 rings (SSSR count). The van der Waals surface area contributed by atoms with Gasteiger partial charge in [-0.05, 0) is 30.9 Å². The van der Waals surface area contributed by atoms with Crippen LogP contribution in [0.5, 0.6) is 0 Å². The highest BCUT2D eigenvalue weighted by atomic mass is 16.5. The van der Waals surface area contributed by atoms with E-state index in [2.05, 4.69) is 10.6 Å². The first kappa shape index (κ1) is 19.5. The second kappa shape index (κ2) is 9.64. The van der Waals surface area contributed by atoms with Gasteiger partial charge in [-0.3, -0.25) is 9.59 Å². The first-order valence-electron chi connectivity index (χ1n) is 9.33. The topological polar surface area (TPSA) is 96.9 Å². The van der Waals surface area contributed by atoms with Crippen molar-refractivity contribution in [3.63, 3.8) is 0 Å². The Morgan fingerprint density at radius 1 is 1.19 bits per heavy atom. The maximum absolute atomic E-state index is 12.8. The molecular formula is C20H26N2O5. The number of carbonyl (C=O) groups is 2. The molecule has 1 aromatic rings. The monoisotopic (exact) mass is 374 g/mol. The van der Waals surface area contributed by atoms with Gasteiger partial charge in [0.15, 0.2) is 6.10 Å². The van der Waals surface area contributed by atoms with E-state index in [4.69, 9.17) is 9.47 Å². The molecule has 1 aliphatic carbocycles. The lowest BCUT2D eigenvalue weighted by atomic mass is 10.0. The number of aliphatic hydroxyl groups excluding tert-OH is 1. The normalized spacial score (nSPS) is 24.0. The molecule has 2 atom stereocenters. The van der Waals surface area contributed by atoms with E-state index < -0.39 is 18.1 Å². The minimum Gasteiger partial charge on any atom is -0.381 e. The minimum absolute atomic E-state index is 0.142. The molecule has 0 radical (unpaired) electrons. The van der Waals surface area contributed by atoms with Crippen molar-refractivity contribution in [2.24, 2.45) is 0 Å². The quantitative estimate of drug-likeness (QED) is 0.684. The SMILES string of the molecule is O=C1N[C@H](C(O)C(=O)NC2CC2)C/C=C/COCCOCc2ccccc21. The van der Waals surface area contributed by atoms with Gasteiger partial charge < -0.3 is 25.2 Å². The summed E-state index contributed by atoms with van der Waals surface area (Å²) < 4.78 is 11.0. The zero-order valence-corrected chi connectivity index (χ0v) is 15.2. The summed E-state index contributed by atoms with van der Waals surface area (Å²) in [5.74, 6) is -0.788. The van der Waals surface area contributed by atoms with Gasteiger partial charge in [0.05, 0.1) is 32.5 Å². The molecule has 7 nitrogen and oxygen atoms in total. The summed E-state index contributed by atoms with van der Waals surface area (Å²) in [5, 5.41) is 16.1. The molecule has 0 spiro atoms. The first-order chi connectivity index (χ1) is 13.1. The molecule has 146 valence electrons. The molecule has 1 fully saturated rings. The van der Waals surface area contributed by atoms with Gasteiger partial charge in [-0.2, -0.15) is 0 Å². The molecule has 27 heavy (non-hydrogen) atoms. The number of hydrogen-bond acceptors (Lipinski definition) is 5. The maximum atomic E-state index is 12.8. The Kier molecular flexibility index (Phi) is 6.98. The highest BCUT2D eigenvalue weighted by Gasteiger charge is 2.31. The molecule has 3 N–H and O–H groups in total. The van der Waals surface area contributed by atoms with Gasteiger partial charge in [0.1, 0.15) is 0 Å². The first-order valence-corrected chi connectivity index (χ1v) is 9.33. The van der Waals surface area contributed by atoms with E-state index in [-0.39, 0.29) is 18.6 Å². The predicted molar refractivity (Wildman–Crippen MR) is 99.1 cm³/mol. The van der Waals surface area contributed by atoms with Crippen LogP contribution in [-0.2, 0) is 20.9 Å². The Morgan fingerprint density at radius 2 is 1.96 bits per heavy atom. The van der Waals surface area contributed by atoms with Crippen LogP contribution in [0.25, 0.3) is 0 Å². The second-order valence-corrected chi connectivity index (χ2v) is 6.80. The Hall–Kier alpha value is -2.22. The number of fused-ring (bicyclic) bond motifs is 1. The maximum Gasteiger partial charge on any atom is 0.251 e. The van der Waals surface area contributed by atoms with Gasteiger partial charge in [-0.1, -0.05) is 30.4 Å². The molecule has 0 saturated heterocycles. The summed E-state index contributed by atoms with van der Waals surface area (Å²) in [6.07, 6.45) is 4.48. The van der Waals surface area contributed by atoms with E-state index in [0.29, 0.717) is 31.8 Å². The van der Waals surface area contributed by atoms with Gasteiger partial charge in [0.2, 0.25) is 0 Å². The summed E-state index contributed by atoms with van der Waals surface area (Å²) in [5.41, 5.74) is 1.22. The van der Waals surface area contributed by atoms with Crippen molar-refractivity contribution < 1.29 is 24.2 Å². The number of carbonyl (C=O) groups excluding carboxylic acids is 2. The molecule has 1 aliphatic heterocycles. The van der Waals surface area contributed by atoms with Gasteiger partial charge in [-0.15, -0.1) is 0 Å². The fourth-order valence-corrected chi connectivity index (χ4v) is 2.84. The van der Waals surface area contributed by atoms with E-state index in [1.54, 1.807) is 18.2 Å². The van der Waals surface area contributed by atoms with Crippen LogP contribution in [0, 0.1) is 0 Å². The molecule has 1 unspecified atom stereocenters. The van der Waals surface area contributed by atoms with Crippen LogP contribution < -0.4 is 10.6 Å². The summed E-state index contributed by atoms with van der Waals surface area (Å²) in [6.45, 7) is 1.59. The van der Waals surface area contributed by atoms with Crippen LogP contribution >= 0.6 is 0 Å². The lowest BCUT2D eigenvalue weighted by Crippen LogP contribution is -2.51. The molecule has 2 amide bonds. The molecular weight excluding hydrogens is 348 g/mol. The number of aliphatic hydroxyl groups is 1. The van der Waals surface area contributed by atoms with Crippen LogP contribution in [0.15, 0.2) is 36.4 Å². The van der Waals surface area contributed by atoms with Crippen LogP contribution in [0.4, 0.5) is 0 Å². The number of hydrogen-bond donors (Lipinski definition) is 3. The summed E-state index contributed by atoms with van der Waals surface area (Å²) >= 11 is 0. The van der Waals surface area contributed by atoms with Crippen molar-refractivity contribution >= 4 is 11.8 Å². The lowest BCUT2D eigenvalue weighted by molar-refractivity contribution is -0.130. The standard InChI is InChI=1S/C20H26N2O5/c23-18(20(25)21-15-8-9-15)17-7-3-4-10-26-11-12-27-13-14-5-1-2-6-16(14)19(24)22-17/h1-6,15,17-18,23H,7-13H2,(H,21,25)(H,22,24)/b4-3+/t17-,18?/m0/s1. The van der Waals surface area contributed by atoms with Gasteiger partial charge >= 0.3 is 0 Å². The Labute approximate surface area is 158 Å². The number of ether oxygens (including phenoxy) is 2. The van der Waals surface area contributed by atoms with Gasteiger partial charge in [0.25, 0.3) is 11.8 Å². The third-order valence-corrected chi connectivity index (χ3v) is 4.55. The van der Waals surface area contributed by atoms with E-state index in [1.807, 2.05) is 18.2 Å². The second-order valence-electron chi connectivity index (χ2n) is 6.80. The third-order valence-electron chi connectivity index (χ3n) is 4.55. The smallest absolute Gasteiger partial charge is 0.251 e. The molecule has 1 heterocycles.